The molecule has 8 nitrogen and oxygen atoms in total. The van der Waals surface area contributed by atoms with Crippen molar-refractivity contribution in [3.63, 3.8) is 0 Å². The van der Waals surface area contributed by atoms with Crippen LogP contribution in [-0.4, -0.2) is 10.1 Å². The second-order valence-electron chi connectivity index (χ2n) is 3.11. The molecule has 2 rings (SSSR count). The summed E-state index contributed by atoms with van der Waals surface area (Å²) in [6, 6.07) is 0. The van der Waals surface area contributed by atoms with Gasteiger partial charge in [0.1, 0.15) is 5.02 Å². The fourth-order valence-electron chi connectivity index (χ4n) is 1.13. The highest BCUT2D eigenvalue weighted by molar-refractivity contribution is 7.19. The zero-order valence-electron chi connectivity index (χ0n) is 9.22. The van der Waals surface area contributed by atoms with Crippen LogP contribution in [0.5, 0.6) is 0 Å². The molecule has 2 aromatic rings. The van der Waals surface area contributed by atoms with Gasteiger partial charge in [-0.15, -0.1) is 10.2 Å². The maximum atomic E-state index is 8.49. The summed E-state index contributed by atoms with van der Waals surface area (Å²) in [5, 5.41) is 5.22. The van der Waals surface area contributed by atoms with Gasteiger partial charge in [0.05, 0.1) is 0 Å². The van der Waals surface area contributed by atoms with Crippen LogP contribution in [0, 0.1) is 24.1 Å². The molecular weight excluding hydrogens is 307 g/mol. The molecule has 2 heterocycles. The second kappa shape index (κ2) is 5.45. The molecular formula is C7H8Cl2N4O4S. The van der Waals surface area contributed by atoms with E-state index < -0.39 is 10.2 Å². The molecule has 0 bridgehead atoms. The van der Waals surface area contributed by atoms with E-state index in [2.05, 4.69) is 10.1 Å². The van der Waals surface area contributed by atoms with Crippen LogP contribution >= 0.6 is 22.9 Å². The number of nitrogens with zero attached hydrogens (tertiary/aromatic N) is 3. The number of aromatic nitrogens is 3. The molecule has 0 aliphatic heterocycles. The van der Waals surface area contributed by atoms with E-state index in [-0.39, 0.29) is 0 Å². The predicted molar refractivity (Wildman–Crippen MR) is 52.0 cm³/mol. The van der Waals surface area contributed by atoms with Crippen LogP contribution in [0.4, 0.5) is 5.13 Å². The van der Waals surface area contributed by atoms with Gasteiger partial charge in [0.25, 0.3) is 0 Å². The Balaban J connectivity index is 0.000000280. The van der Waals surface area contributed by atoms with Gasteiger partial charge in [0, 0.05) is 13.8 Å². The van der Waals surface area contributed by atoms with Crippen molar-refractivity contribution in [1.29, 1.82) is 0 Å². The summed E-state index contributed by atoms with van der Waals surface area (Å²) in [6.45, 7) is 3.76. The van der Waals surface area contributed by atoms with Gasteiger partial charge in [-0.2, -0.15) is 0 Å². The molecule has 0 aliphatic carbocycles. The van der Waals surface area contributed by atoms with Crippen molar-refractivity contribution in [2.75, 3.05) is 5.73 Å². The van der Waals surface area contributed by atoms with E-state index in [1.54, 1.807) is 4.52 Å². The number of aryl methyl sites for hydroxylation is 2. The molecule has 2 N–H and O–H groups in total. The van der Waals surface area contributed by atoms with Gasteiger partial charge < -0.3 is 5.73 Å². The van der Waals surface area contributed by atoms with Crippen molar-refractivity contribution in [1.82, 2.24) is 10.1 Å². The first kappa shape index (κ1) is 15.2. The summed E-state index contributed by atoms with van der Waals surface area (Å²) < 4.78 is 35.6. The van der Waals surface area contributed by atoms with Crippen molar-refractivity contribution >= 4 is 33.0 Å². The lowest BCUT2D eigenvalue weighted by atomic mass is 10.3. The largest absolute Gasteiger partial charge is 0.411 e. The minimum Gasteiger partial charge on any atom is -0.372 e. The molecule has 11 heteroatoms. The number of hydrogen-bond acceptors (Lipinski definition) is 8. The summed E-state index contributed by atoms with van der Waals surface area (Å²) in [5.74, 6) is 0. The third kappa shape index (κ3) is 4.14. The van der Waals surface area contributed by atoms with Crippen LogP contribution in [0.15, 0.2) is 0 Å². The van der Waals surface area contributed by atoms with Crippen molar-refractivity contribution < 1.29 is 33.4 Å². The van der Waals surface area contributed by atoms with E-state index in [1.165, 1.54) is 11.3 Å². The van der Waals surface area contributed by atoms with E-state index in [9.17, 15) is 0 Å². The van der Waals surface area contributed by atoms with Crippen molar-refractivity contribution in [2.45, 2.75) is 13.8 Å². The Kier molecular flexibility index (Phi) is 4.61. The molecule has 0 saturated carbocycles. The third-order valence-electron chi connectivity index (χ3n) is 1.79. The number of nitrogens with two attached hydrogens (primary N) is 1. The Morgan fingerprint density at radius 2 is 1.78 bits per heavy atom. The van der Waals surface area contributed by atoms with Crippen molar-refractivity contribution in [2.24, 2.45) is 0 Å². The zero-order chi connectivity index (χ0) is 14.1. The molecule has 18 heavy (non-hydrogen) atoms. The minimum atomic E-state index is -4.94. The number of fused-ring (bicyclic) bond motifs is 1. The lowest BCUT2D eigenvalue weighted by molar-refractivity contribution is -2.00. The summed E-state index contributed by atoms with van der Waals surface area (Å²) >= 11 is 7.36. The Labute approximate surface area is 113 Å². The predicted octanol–water partition coefficient (Wildman–Crippen LogP) is -3.63. The molecule has 0 spiro atoms. The fourth-order valence-corrected chi connectivity index (χ4v) is 2.01. The normalized spacial score (nSPS) is 11.3. The van der Waals surface area contributed by atoms with Gasteiger partial charge in [-0.1, -0.05) is 16.1 Å². The maximum Gasteiger partial charge on any atom is 0.411 e. The van der Waals surface area contributed by atoms with Gasteiger partial charge in [-0.05, 0) is 21.4 Å². The van der Waals surface area contributed by atoms with E-state index in [1.807, 2.05) is 13.8 Å². The lowest BCUT2D eigenvalue weighted by Crippen LogP contribution is -2.68. The summed E-state index contributed by atoms with van der Waals surface area (Å²) in [5.41, 5.74) is 7.24. The number of halogens is 2. The Bertz CT molecular complexity index is 565. The Morgan fingerprint density at radius 3 is 2.28 bits per heavy atom. The molecule has 0 aromatic carbocycles. The highest BCUT2D eigenvalue weighted by Crippen LogP contribution is 2.18. The molecule has 0 aliphatic rings. The number of hydrogen-bond donors (Lipinski definition) is 1. The van der Waals surface area contributed by atoms with Gasteiger partial charge in [-0.25, -0.2) is 18.6 Å². The summed E-state index contributed by atoms with van der Waals surface area (Å²) in [7, 11) is -4.94. The highest BCUT2D eigenvalue weighted by Gasteiger charge is 2.19. The number of rotatable bonds is 0. The third-order valence-corrected chi connectivity index (χ3v) is 3.08. The highest BCUT2D eigenvalue weighted by atomic mass is 35.7. The first-order valence-electron chi connectivity index (χ1n) is 4.32. The number of nitrogen functional groups attached to an aromatic ring is 1. The molecule has 100 valence electrons. The quantitative estimate of drug-likeness (QED) is 0.493. The topological polar surface area (TPSA) is 148 Å². The molecule has 0 fully saturated rings. The average Bonchev–Trinajstić information content (AvgIpc) is 2.53. The van der Waals surface area contributed by atoms with Gasteiger partial charge >= 0.3 is 4.96 Å². The SMILES string of the molecule is Cc1nc2sc(N)n[n+]2c(C)c1Cl.[O-][Cl+3]([O-])([O-])[O-]. The van der Waals surface area contributed by atoms with Crippen LogP contribution in [0.2, 0.25) is 5.02 Å². The van der Waals surface area contributed by atoms with Gasteiger partial charge in [0.2, 0.25) is 5.13 Å². The molecule has 0 radical (unpaired) electrons. The Hall–Kier alpha value is -0.810. The Morgan fingerprint density at radius 1 is 1.28 bits per heavy atom. The molecule has 0 unspecified atom stereocenters. The van der Waals surface area contributed by atoms with Gasteiger partial charge in [0.15, 0.2) is 11.4 Å². The zero-order valence-corrected chi connectivity index (χ0v) is 11.5. The van der Waals surface area contributed by atoms with Crippen LogP contribution in [0.1, 0.15) is 11.4 Å². The molecule has 0 amide bonds. The molecule has 2 aromatic heterocycles. The maximum absolute atomic E-state index is 8.49. The molecule has 0 saturated heterocycles. The van der Waals surface area contributed by atoms with Crippen LogP contribution in [0.25, 0.3) is 4.96 Å². The smallest absolute Gasteiger partial charge is 0.372 e. The lowest BCUT2D eigenvalue weighted by Gasteiger charge is -2.17. The minimum absolute atomic E-state index is 0.497. The second-order valence-corrected chi connectivity index (χ2v) is 5.23. The standard InChI is InChI=1S/C7H8ClN4S.ClHO4/c1-3-5(8)4(2)12-7(10-3)13-6(9)11-12;2-1(3,4)5/h1-2H3,(H2,9,11);(H,2,3,4,5)/q+1;/p-1. The van der Waals surface area contributed by atoms with E-state index >= 15 is 0 Å². The first-order valence-corrected chi connectivity index (χ1v) is 6.75. The summed E-state index contributed by atoms with van der Waals surface area (Å²) in [6.07, 6.45) is 0. The van der Waals surface area contributed by atoms with Crippen LogP contribution < -0.4 is 28.9 Å². The monoisotopic (exact) mass is 314 g/mol. The first-order chi connectivity index (χ1) is 8.09. The van der Waals surface area contributed by atoms with Crippen LogP contribution in [0.3, 0.4) is 0 Å². The fraction of sp³-hybridized carbons (Fsp3) is 0.286. The summed E-state index contributed by atoms with van der Waals surface area (Å²) in [4.78, 5) is 5.04. The van der Waals surface area contributed by atoms with E-state index in [4.69, 9.17) is 36.0 Å². The van der Waals surface area contributed by atoms with Crippen molar-refractivity contribution in [3.8, 4) is 0 Å². The van der Waals surface area contributed by atoms with E-state index in [0.29, 0.717) is 10.2 Å². The average molecular weight is 315 g/mol. The van der Waals surface area contributed by atoms with Crippen LogP contribution in [-0.2, 0) is 0 Å². The van der Waals surface area contributed by atoms with E-state index in [0.717, 1.165) is 16.3 Å². The number of anilines is 1. The molecule has 0 atom stereocenters. The van der Waals surface area contributed by atoms with Gasteiger partial charge in [-0.3, -0.25) is 0 Å². The van der Waals surface area contributed by atoms with Crippen molar-refractivity contribution in [3.05, 3.63) is 16.4 Å².